The first-order valence-corrected chi connectivity index (χ1v) is 8.37. The molecule has 2 heterocycles. The minimum absolute atomic E-state index is 0.0552. The molecule has 1 unspecified atom stereocenters. The molecule has 7 heteroatoms. The van der Waals surface area contributed by atoms with Crippen molar-refractivity contribution in [3.8, 4) is 22.6 Å². The van der Waals surface area contributed by atoms with E-state index in [0.29, 0.717) is 42.2 Å². The van der Waals surface area contributed by atoms with Gasteiger partial charge in [-0.25, -0.2) is 4.39 Å². The van der Waals surface area contributed by atoms with Gasteiger partial charge in [0.1, 0.15) is 5.82 Å². The van der Waals surface area contributed by atoms with Gasteiger partial charge in [-0.3, -0.25) is 4.98 Å². The molecular formula is C18H21BFNO4. The number of hydrogen-bond donors (Lipinski definition) is 1. The third-order valence-corrected chi connectivity index (χ3v) is 4.23. The largest absolute Gasteiger partial charge is 0.493 e. The third kappa shape index (κ3) is 3.94. The maximum absolute atomic E-state index is 14.6. The van der Waals surface area contributed by atoms with E-state index in [2.05, 4.69) is 4.98 Å². The number of methoxy groups -OCH3 is 1. The molecule has 0 spiro atoms. The maximum atomic E-state index is 14.6. The van der Waals surface area contributed by atoms with E-state index in [4.69, 9.17) is 14.1 Å². The summed E-state index contributed by atoms with van der Waals surface area (Å²) in [5, 5.41) is 9.53. The number of rotatable bonds is 6. The molecule has 1 atom stereocenters. The summed E-state index contributed by atoms with van der Waals surface area (Å²) in [6.07, 6.45) is 4.70. The van der Waals surface area contributed by atoms with Gasteiger partial charge in [-0.05, 0) is 30.4 Å². The van der Waals surface area contributed by atoms with Crippen LogP contribution in [0, 0.1) is 5.82 Å². The van der Waals surface area contributed by atoms with Gasteiger partial charge < -0.3 is 19.2 Å². The zero-order valence-electron chi connectivity index (χ0n) is 14.4. The van der Waals surface area contributed by atoms with Crippen LogP contribution in [0.4, 0.5) is 4.39 Å². The number of nitrogens with zero attached hydrogens (tertiary/aromatic N) is 1. The summed E-state index contributed by atoms with van der Waals surface area (Å²) >= 11 is 0. The summed E-state index contributed by atoms with van der Waals surface area (Å²) in [5.74, 6) is 0.527. The Hall–Kier alpha value is -2.12. The molecule has 1 aromatic carbocycles. The molecule has 2 aromatic rings. The first-order valence-electron chi connectivity index (χ1n) is 8.37. The Bertz CT molecular complexity index is 743. The number of aromatic nitrogens is 1. The second-order valence-corrected chi connectivity index (χ2v) is 6.06. The summed E-state index contributed by atoms with van der Waals surface area (Å²) in [5.41, 5.74) is 1.97. The standard InChI is InChI=1S/C18H21BFNO4/c1-3-4-24-18-6-15(16(20)7-17(18)23-2)13-5-12(9-21-10-13)14-8-19(22)25-11-14/h5-7,9-10,14,22H,3-4,8,11H2,1-2H3. The number of hydrogen-bond acceptors (Lipinski definition) is 5. The van der Waals surface area contributed by atoms with Gasteiger partial charge >= 0.3 is 7.12 Å². The second-order valence-electron chi connectivity index (χ2n) is 6.06. The van der Waals surface area contributed by atoms with Crippen molar-refractivity contribution < 1.29 is 23.5 Å². The summed E-state index contributed by atoms with van der Waals surface area (Å²) in [6, 6.07) is 4.85. The van der Waals surface area contributed by atoms with Crippen molar-refractivity contribution in [3.05, 3.63) is 42.0 Å². The van der Waals surface area contributed by atoms with E-state index in [1.165, 1.54) is 13.2 Å². The van der Waals surface area contributed by atoms with Gasteiger partial charge in [-0.2, -0.15) is 0 Å². The van der Waals surface area contributed by atoms with Crippen LogP contribution in [0.1, 0.15) is 24.8 Å². The Morgan fingerprint density at radius 1 is 1.32 bits per heavy atom. The van der Waals surface area contributed by atoms with Crippen LogP contribution >= 0.6 is 0 Å². The van der Waals surface area contributed by atoms with Crippen LogP contribution < -0.4 is 9.47 Å². The lowest BCUT2D eigenvalue weighted by atomic mass is 9.80. The Morgan fingerprint density at radius 2 is 2.16 bits per heavy atom. The Morgan fingerprint density at radius 3 is 2.84 bits per heavy atom. The molecule has 1 aromatic heterocycles. The smallest absolute Gasteiger partial charge is 0.454 e. The summed E-state index contributed by atoms with van der Waals surface area (Å²) < 4.78 is 30.6. The fraction of sp³-hybridized carbons (Fsp3) is 0.389. The molecule has 1 aliphatic rings. The summed E-state index contributed by atoms with van der Waals surface area (Å²) in [7, 11) is 0.737. The lowest BCUT2D eigenvalue weighted by Gasteiger charge is -2.14. The first kappa shape index (κ1) is 17.7. The van der Waals surface area contributed by atoms with Gasteiger partial charge in [-0.15, -0.1) is 0 Å². The molecule has 1 saturated heterocycles. The van der Waals surface area contributed by atoms with Crippen LogP contribution in [0.3, 0.4) is 0 Å². The number of benzene rings is 1. The molecule has 5 nitrogen and oxygen atoms in total. The fourth-order valence-corrected chi connectivity index (χ4v) is 2.91. The molecule has 0 saturated carbocycles. The van der Waals surface area contributed by atoms with Gasteiger partial charge in [-0.1, -0.05) is 6.92 Å². The normalized spacial score (nSPS) is 17.0. The average molecular weight is 345 g/mol. The minimum atomic E-state index is -0.750. The quantitative estimate of drug-likeness (QED) is 0.815. The minimum Gasteiger partial charge on any atom is -0.493 e. The lowest BCUT2D eigenvalue weighted by molar-refractivity contribution is 0.292. The van der Waals surface area contributed by atoms with E-state index >= 15 is 0 Å². The van der Waals surface area contributed by atoms with Gasteiger partial charge in [0.15, 0.2) is 11.5 Å². The van der Waals surface area contributed by atoms with Crippen molar-refractivity contribution in [2.75, 3.05) is 20.3 Å². The van der Waals surface area contributed by atoms with Gasteiger partial charge in [0.05, 0.1) is 13.7 Å². The van der Waals surface area contributed by atoms with Crippen molar-refractivity contribution in [1.29, 1.82) is 0 Å². The third-order valence-electron chi connectivity index (χ3n) is 4.23. The molecule has 1 fully saturated rings. The molecule has 0 aliphatic carbocycles. The van der Waals surface area contributed by atoms with Crippen molar-refractivity contribution in [1.82, 2.24) is 4.98 Å². The zero-order valence-corrected chi connectivity index (χ0v) is 14.4. The maximum Gasteiger partial charge on any atom is 0.454 e. The van der Waals surface area contributed by atoms with E-state index < -0.39 is 12.9 Å². The molecule has 0 bridgehead atoms. The molecule has 0 amide bonds. The first-order chi connectivity index (χ1) is 12.1. The number of pyridine rings is 1. The summed E-state index contributed by atoms with van der Waals surface area (Å²) in [6.45, 7) is 2.96. The highest BCUT2D eigenvalue weighted by Gasteiger charge is 2.30. The van der Waals surface area contributed by atoms with E-state index in [1.54, 1.807) is 18.5 Å². The highest BCUT2D eigenvalue weighted by atomic mass is 19.1. The van der Waals surface area contributed by atoms with E-state index in [9.17, 15) is 9.41 Å². The number of halogens is 1. The van der Waals surface area contributed by atoms with Crippen LogP contribution in [0.25, 0.3) is 11.1 Å². The van der Waals surface area contributed by atoms with E-state index in [-0.39, 0.29) is 5.92 Å². The molecule has 1 aliphatic heterocycles. The Labute approximate surface area is 146 Å². The highest BCUT2D eigenvalue weighted by molar-refractivity contribution is 6.43. The van der Waals surface area contributed by atoms with Crippen LogP contribution in [0.5, 0.6) is 11.5 Å². The van der Waals surface area contributed by atoms with Gasteiger partial charge in [0.2, 0.25) is 0 Å². The molecule has 25 heavy (non-hydrogen) atoms. The predicted octanol–water partition coefficient (Wildman–Crippen LogP) is 3.28. The summed E-state index contributed by atoms with van der Waals surface area (Å²) in [4.78, 5) is 4.23. The van der Waals surface area contributed by atoms with Crippen molar-refractivity contribution >= 4 is 7.12 Å². The van der Waals surface area contributed by atoms with Crippen molar-refractivity contribution in [3.63, 3.8) is 0 Å². The monoisotopic (exact) mass is 345 g/mol. The SMILES string of the molecule is CCCOc1cc(-c2cncc(C3COB(O)C3)c2)c(F)cc1OC. The number of ether oxygens (including phenoxy) is 2. The van der Waals surface area contributed by atoms with Crippen LogP contribution in [-0.4, -0.2) is 37.4 Å². The van der Waals surface area contributed by atoms with Crippen molar-refractivity contribution in [2.45, 2.75) is 25.6 Å². The molecular weight excluding hydrogens is 324 g/mol. The van der Waals surface area contributed by atoms with Gasteiger partial charge in [0, 0.05) is 42.1 Å². The Balaban J connectivity index is 1.95. The molecule has 0 radical (unpaired) electrons. The van der Waals surface area contributed by atoms with Crippen molar-refractivity contribution in [2.24, 2.45) is 0 Å². The molecule has 1 N–H and O–H groups in total. The fourth-order valence-electron chi connectivity index (χ4n) is 2.91. The van der Waals surface area contributed by atoms with Crippen LogP contribution in [-0.2, 0) is 4.65 Å². The second kappa shape index (κ2) is 7.84. The highest BCUT2D eigenvalue weighted by Crippen LogP contribution is 2.36. The van der Waals surface area contributed by atoms with Gasteiger partial charge in [0.25, 0.3) is 0 Å². The molecule has 3 rings (SSSR count). The van der Waals surface area contributed by atoms with E-state index in [1.807, 2.05) is 13.0 Å². The van der Waals surface area contributed by atoms with Crippen LogP contribution in [0.15, 0.2) is 30.6 Å². The molecule has 132 valence electrons. The van der Waals surface area contributed by atoms with Crippen LogP contribution in [0.2, 0.25) is 6.32 Å². The average Bonchev–Trinajstić information content (AvgIpc) is 3.07. The zero-order chi connectivity index (χ0) is 17.8. The predicted molar refractivity (Wildman–Crippen MR) is 93.4 cm³/mol. The van der Waals surface area contributed by atoms with E-state index in [0.717, 1.165) is 12.0 Å². The Kier molecular flexibility index (Phi) is 5.55. The topological polar surface area (TPSA) is 60.8 Å². The lowest BCUT2D eigenvalue weighted by Crippen LogP contribution is -2.07.